The molecule has 19 heavy (non-hydrogen) atoms. The first-order chi connectivity index (χ1) is 9.11. The molecule has 2 nitrogen and oxygen atoms in total. The summed E-state index contributed by atoms with van der Waals surface area (Å²) in [5.41, 5.74) is 1.04. The largest absolute Gasteiger partial charge is 0.380 e. The van der Waals surface area contributed by atoms with E-state index < -0.39 is 6.10 Å². The average Bonchev–Trinajstić information content (AvgIpc) is 2.46. The van der Waals surface area contributed by atoms with Crippen LogP contribution in [0.25, 0.3) is 0 Å². The summed E-state index contributed by atoms with van der Waals surface area (Å²) in [5, 5.41) is 10.7. The molecule has 4 heteroatoms. The number of aliphatic hydroxyl groups is 1. The Morgan fingerprint density at radius 3 is 2.21 bits per heavy atom. The molecule has 0 fully saturated rings. The lowest BCUT2D eigenvalue weighted by Gasteiger charge is -2.10. The van der Waals surface area contributed by atoms with Gasteiger partial charge >= 0.3 is 0 Å². The minimum atomic E-state index is -1.14. The number of carbonyl (C=O) groups is 1. The Hall–Kier alpha value is -1.29. The molecule has 2 aromatic rings. The lowest BCUT2D eigenvalue weighted by atomic mass is 10.0. The SMILES string of the molecule is CSc1ccc(C(O)C(=O)c2ccc(Cl)cc2)cc1. The van der Waals surface area contributed by atoms with Gasteiger partial charge in [-0.2, -0.15) is 0 Å². The molecule has 0 amide bonds. The van der Waals surface area contributed by atoms with E-state index in [1.165, 1.54) is 0 Å². The minimum Gasteiger partial charge on any atom is -0.380 e. The van der Waals surface area contributed by atoms with Crippen LogP contribution in [-0.4, -0.2) is 17.1 Å². The number of benzene rings is 2. The Kier molecular flexibility index (Phi) is 4.64. The van der Waals surface area contributed by atoms with Crippen molar-refractivity contribution in [3.8, 4) is 0 Å². The van der Waals surface area contributed by atoms with Crippen molar-refractivity contribution in [3.63, 3.8) is 0 Å². The Bertz CT molecular complexity index is 564. The first kappa shape index (κ1) is 14.1. The van der Waals surface area contributed by atoms with Crippen molar-refractivity contribution < 1.29 is 9.90 Å². The van der Waals surface area contributed by atoms with Crippen molar-refractivity contribution in [1.82, 2.24) is 0 Å². The van der Waals surface area contributed by atoms with Crippen LogP contribution >= 0.6 is 23.4 Å². The van der Waals surface area contributed by atoms with Gasteiger partial charge in [0.25, 0.3) is 0 Å². The van der Waals surface area contributed by atoms with Crippen molar-refractivity contribution >= 4 is 29.1 Å². The molecule has 0 aromatic heterocycles. The molecule has 0 radical (unpaired) electrons. The zero-order valence-electron chi connectivity index (χ0n) is 10.3. The van der Waals surface area contributed by atoms with Crippen molar-refractivity contribution in [2.75, 3.05) is 6.26 Å². The van der Waals surface area contributed by atoms with Crippen molar-refractivity contribution in [2.24, 2.45) is 0 Å². The van der Waals surface area contributed by atoms with E-state index in [0.29, 0.717) is 16.1 Å². The van der Waals surface area contributed by atoms with E-state index in [0.717, 1.165) is 4.90 Å². The van der Waals surface area contributed by atoms with Crippen molar-refractivity contribution in [3.05, 3.63) is 64.7 Å². The number of aliphatic hydroxyl groups excluding tert-OH is 1. The van der Waals surface area contributed by atoms with Gasteiger partial charge in [0.15, 0.2) is 5.78 Å². The number of Topliss-reactive ketones (excluding diaryl/α,β-unsaturated/α-hetero) is 1. The van der Waals surface area contributed by atoms with E-state index in [-0.39, 0.29) is 5.78 Å². The van der Waals surface area contributed by atoms with Crippen LogP contribution in [0.3, 0.4) is 0 Å². The molecule has 0 saturated heterocycles. The second kappa shape index (κ2) is 6.24. The third-order valence-corrected chi connectivity index (χ3v) is 3.80. The van der Waals surface area contributed by atoms with Crippen LogP contribution in [0.15, 0.2) is 53.4 Å². The first-order valence-electron chi connectivity index (χ1n) is 5.73. The molecule has 1 atom stereocenters. The lowest BCUT2D eigenvalue weighted by Crippen LogP contribution is -2.12. The number of ketones is 1. The Labute approximate surface area is 121 Å². The monoisotopic (exact) mass is 292 g/mol. The fraction of sp³-hybridized carbons (Fsp3) is 0.133. The quantitative estimate of drug-likeness (QED) is 0.684. The highest BCUT2D eigenvalue weighted by Gasteiger charge is 2.18. The number of halogens is 1. The molecule has 0 spiro atoms. The summed E-state index contributed by atoms with van der Waals surface area (Å²) in [7, 11) is 0. The van der Waals surface area contributed by atoms with Gasteiger partial charge in [-0.25, -0.2) is 0 Å². The standard InChI is InChI=1S/C15H13ClO2S/c1-19-13-8-4-11(5-9-13)15(18)14(17)10-2-6-12(16)7-3-10/h2-9,15,18H,1H3. The molecule has 1 N–H and O–H groups in total. The molecular weight excluding hydrogens is 280 g/mol. The van der Waals surface area contributed by atoms with Gasteiger partial charge in [-0.1, -0.05) is 23.7 Å². The van der Waals surface area contributed by atoms with Gasteiger partial charge in [-0.3, -0.25) is 4.79 Å². The van der Waals surface area contributed by atoms with Gasteiger partial charge in [0, 0.05) is 15.5 Å². The molecule has 0 aliphatic heterocycles. The molecule has 2 rings (SSSR count). The van der Waals surface area contributed by atoms with Gasteiger partial charge in [0.1, 0.15) is 6.10 Å². The van der Waals surface area contributed by atoms with E-state index in [9.17, 15) is 9.90 Å². The summed E-state index contributed by atoms with van der Waals surface area (Å²) in [6, 6.07) is 13.8. The summed E-state index contributed by atoms with van der Waals surface area (Å²) in [6.45, 7) is 0. The van der Waals surface area contributed by atoms with Crippen LogP contribution in [-0.2, 0) is 0 Å². The fourth-order valence-electron chi connectivity index (χ4n) is 1.71. The summed E-state index contributed by atoms with van der Waals surface area (Å²) in [5.74, 6) is -0.325. The highest BCUT2D eigenvalue weighted by atomic mass is 35.5. The maximum Gasteiger partial charge on any atom is 0.195 e. The van der Waals surface area contributed by atoms with E-state index >= 15 is 0 Å². The molecule has 0 aliphatic carbocycles. The van der Waals surface area contributed by atoms with Crippen LogP contribution in [0.2, 0.25) is 5.02 Å². The topological polar surface area (TPSA) is 37.3 Å². The summed E-state index contributed by atoms with van der Waals surface area (Å²) in [6.07, 6.45) is 0.835. The molecule has 1 unspecified atom stereocenters. The van der Waals surface area contributed by atoms with Gasteiger partial charge in [0.2, 0.25) is 0 Å². The zero-order valence-corrected chi connectivity index (χ0v) is 11.9. The summed E-state index contributed by atoms with van der Waals surface area (Å²) >= 11 is 7.38. The molecule has 2 aromatic carbocycles. The number of thioether (sulfide) groups is 1. The average molecular weight is 293 g/mol. The van der Waals surface area contributed by atoms with Gasteiger partial charge < -0.3 is 5.11 Å². The van der Waals surface area contributed by atoms with Gasteiger partial charge in [-0.05, 0) is 48.2 Å². The maximum absolute atomic E-state index is 12.1. The lowest BCUT2D eigenvalue weighted by molar-refractivity contribution is 0.0747. The van der Waals surface area contributed by atoms with E-state index in [1.807, 2.05) is 18.4 Å². The molecule has 0 aliphatic rings. The molecule has 0 heterocycles. The molecule has 0 bridgehead atoms. The summed E-state index contributed by atoms with van der Waals surface area (Å²) < 4.78 is 0. The smallest absolute Gasteiger partial charge is 0.195 e. The molecule has 0 saturated carbocycles. The third kappa shape index (κ3) is 3.38. The summed E-state index contributed by atoms with van der Waals surface area (Å²) in [4.78, 5) is 13.2. The van der Waals surface area contributed by atoms with Crippen LogP contribution in [0, 0.1) is 0 Å². The van der Waals surface area contributed by atoms with Crippen molar-refractivity contribution in [2.45, 2.75) is 11.0 Å². The number of rotatable bonds is 4. The Morgan fingerprint density at radius 2 is 1.68 bits per heavy atom. The minimum absolute atomic E-state index is 0.325. The van der Waals surface area contributed by atoms with Crippen molar-refractivity contribution in [1.29, 1.82) is 0 Å². The van der Waals surface area contributed by atoms with Crippen LogP contribution in [0.1, 0.15) is 22.0 Å². The zero-order chi connectivity index (χ0) is 13.8. The number of hydrogen-bond donors (Lipinski definition) is 1. The fourth-order valence-corrected chi connectivity index (χ4v) is 2.24. The van der Waals surface area contributed by atoms with E-state index in [1.54, 1.807) is 48.2 Å². The Morgan fingerprint density at radius 1 is 1.11 bits per heavy atom. The van der Waals surface area contributed by atoms with Crippen LogP contribution in [0.4, 0.5) is 0 Å². The van der Waals surface area contributed by atoms with Crippen LogP contribution < -0.4 is 0 Å². The predicted molar refractivity (Wildman–Crippen MR) is 79.0 cm³/mol. The number of hydrogen-bond acceptors (Lipinski definition) is 3. The molecular formula is C15H13ClO2S. The van der Waals surface area contributed by atoms with Gasteiger partial charge in [0.05, 0.1) is 0 Å². The second-order valence-corrected chi connectivity index (χ2v) is 5.36. The third-order valence-electron chi connectivity index (χ3n) is 2.81. The second-order valence-electron chi connectivity index (χ2n) is 4.05. The van der Waals surface area contributed by atoms with E-state index in [2.05, 4.69) is 0 Å². The normalized spacial score (nSPS) is 12.2. The maximum atomic E-state index is 12.1. The highest BCUT2D eigenvalue weighted by Crippen LogP contribution is 2.22. The Balaban J connectivity index is 2.20. The van der Waals surface area contributed by atoms with Gasteiger partial charge in [-0.15, -0.1) is 11.8 Å². The van der Waals surface area contributed by atoms with E-state index in [4.69, 9.17) is 11.6 Å². The first-order valence-corrected chi connectivity index (χ1v) is 7.34. The predicted octanol–water partition coefficient (Wildman–Crippen LogP) is 3.98. The highest BCUT2D eigenvalue weighted by molar-refractivity contribution is 7.98. The number of carbonyl (C=O) groups excluding carboxylic acids is 1. The molecule has 98 valence electrons. The van der Waals surface area contributed by atoms with Crippen LogP contribution in [0.5, 0.6) is 0 Å².